The van der Waals surface area contributed by atoms with E-state index in [-0.39, 0.29) is 6.04 Å². The Kier molecular flexibility index (Phi) is 5.46. The maximum atomic E-state index is 12.9. The fourth-order valence-electron chi connectivity index (χ4n) is 3.03. The Balaban J connectivity index is 2.33. The van der Waals surface area contributed by atoms with Gasteiger partial charge in [-0.25, -0.2) is 8.42 Å². The highest BCUT2D eigenvalue weighted by atomic mass is 32.2. The number of sulfonamides is 1. The van der Waals surface area contributed by atoms with E-state index in [0.29, 0.717) is 18.0 Å². The van der Waals surface area contributed by atoms with E-state index in [1.807, 2.05) is 11.5 Å². The van der Waals surface area contributed by atoms with Crippen LogP contribution in [0.15, 0.2) is 17.2 Å². The van der Waals surface area contributed by atoms with Gasteiger partial charge in [0.1, 0.15) is 4.90 Å². The topological polar surface area (TPSA) is 68.3 Å². The van der Waals surface area contributed by atoms with Gasteiger partial charge in [0, 0.05) is 37.6 Å². The number of aryl methyl sites for hydroxylation is 1. The van der Waals surface area contributed by atoms with E-state index >= 15 is 0 Å². The van der Waals surface area contributed by atoms with E-state index in [2.05, 4.69) is 6.92 Å². The molecule has 0 bridgehead atoms. The predicted molar refractivity (Wildman–Crippen MR) is 84.4 cm³/mol. The van der Waals surface area contributed by atoms with Crippen molar-refractivity contribution in [3.8, 4) is 0 Å². The van der Waals surface area contributed by atoms with Crippen molar-refractivity contribution in [1.82, 2.24) is 8.87 Å². The van der Waals surface area contributed by atoms with Gasteiger partial charge >= 0.3 is 0 Å². The largest absolute Gasteiger partial charge is 0.349 e. The molecule has 1 aliphatic rings. The molecule has 21 heavy (non-hydrogen) atoms. The van der Waals surface area contributed by atoms with Crippen LogP contribution in [-0.2, 0) is 23.1 Å². The molecule has 0 aliphatic carbocycles. The van der Waals surface area contributed by atoms with Gasteiger partial charge in [-0.2, -0.15) is 4.31 Å². The average molecular weight is 313 g/mol. The van der Waals surface area contributed by atoms with Crippen LogP contribution >= 0.6 is 0 Å². The molecule has 1 saturated heterocycles. The molecule has 5 nitrogen and oxygen atoms in total. The number of nitrogens with two attached hydrogens (primary N) is 1. The van der Waals surface area contributed by atoms with Crippen LogP contribution in [0, 0.1) is 0 Å². The van der Waals surface area contributed by atoms with E-state index in [1.165, 1.54) is 0 Å². The Hall–Kier alpha value is -0.850. The standard InChI is InChI=1S/C15H27N3O2S/c1-3-8-17-12-15(10-14(17)11-16)21(19,20)18-9-6-4-5-7-13(18)2/h10,12-13H,3-9,11,16H2,1-2H3. The Morgan fingerprint density at radius 3 is 2.76 bits per heavy atom. The van der Waals surface area contributed by atoms with Crippen LogP contribution in [0.2, 0.25) is 0 Å². The summed E-state index contributed by atoms with van der Waals surface area (Å²) < 4.78 is 29.5. The van der Waals surface area contributed by atoms with Crippen molar-refractivity contribution in [2.45, 2.75) is 70.0 Å². The number of rotatable bonds is 5. The van der Waals surface area contributed by atoms with Crippen molar-refractivity contribution in [3.63, 3.8) is 0 Å². The van der Waals surface area contributed by atoms with Gasteiger partial charge in [0.25, 0.3) is 0 Å². The number of hydrogen-bond acceptors (Lipinski definition) is 3. The lowest BCUT2D eigenvalue weighted by molar-refractivity contribution is 0.342. The lowest BCUT2D eigenvalue weighted by atomic mass is 10.1. The van der Waals surface area contributed by atoms with Crippen molar-refractivity contribution in [2.75, 3.05) is 6.54 Å². The normalized spacial score (nSPS) is 21.4. The van der Waals surface area contributed by atoms with Crippen molar-refractivity contribution >= 4 is 10.0 Å². The molecule has 2 rings (SSSR count). The third kappa shape index (κ3) is 3.49. The van der Waals surface area contributed by atoms with Gasteiger partial charge in [-0.1, -0.05) is 19.8 Å². The van der Waals surface area contributed by atoms with Gasteiger partial charge in [-0.15, -0.1) is 0 Å². The summed E-state index contributed by atoms with van der Waals surface area (Å²) in [6.07, 6.45) is 6.82. The highest BCUT2D eigenvalue weighted by Gasteiger charge is 2.31. The van der Waals surface area contributed by atoms with E-state index < -0.39 is 10.0 Å². The lowest BCUT2D eigenvalue weighted by Gasteiger charge is -2.25. The molecule has 2 N–H and O–H groups in total. The monoisotopic (exact) mass is 313 g/mol. The molecule has 0 spiro atoms. The summed E-state index contributed by atoms with van der Waals surface area (Å²) in [5.74, 6) is 0. The molecule has 0 radical (unpaired) electrons. The molecule has 1 aromatic heterocycles. The highest BCUT2D eigenvalue weighted by Crippen LogP contribution is 2.26. The van der Waals surface area contributed by atoms with Gasteiger partial charge < -0.3 is 10.3 Å². The maximum Gasteiger partial charge on any atom is 0.244 e. The molecular formula is C15H27N3O2S. The summed E-state index contributed by atoms with van der Waals surface area (Å²) in [6, 6.07) is 1.82. The molecule has 1 aromatic rings. The van der Waals surface area contributed by atoms with Crippen molar-refractivity contribution < 1.29 is 8.42 Å². The average Bonchev–Trinajstić information content (AvgIpc) is 2.73. The summed E-state index contributed by atoms with van der Waals surface area (Å²) in [7, 11) is -3.41. The first-order valence-electron chi connectivity index (χ1n) is 7.91. The molecule has 1 fully saturated rings. The van der Waals surface area contributed by atoms with Gasteiger partial charge in [0.2, 0.25) is 10.0 Å². The summed E-state index contributed by atoms with van der Waals surface area (Å²) in [4.78, 5) is 0.394. The minimum absolute atomic E-state index is 0.0772. The Labute approximate surface area is 128 Å². The van der Waals surface area contributed by atoms with E-state index in [4.69, 9.17) is 5.73 Å². The molecule has 6 heteroatoms. The number of aromatic nitrogens is 1. The van der Waals surface area contributed by atoms with Crippen molar-refractivity contribution in [1.29, 1.82) is 0 Å². The molecule has 0 aromatic carbocycles. The minimum Gasteiger partial charge on any atom is -0.349 e. The molecular weight excluding hydrogens is 286 g/mol. The quantitative estimate of drug-likeness (QED) is 0.907. The fraction of sp³-hybridized carbons (Fsp3) is 0.733. The first-order valence-corrected chi connectivity index (χ1v) is 9.35. The Morgan fingerprint density at radius 2 is 2.10 bits per heavy atom. The first-order chi connectivity index (χ1) is 10.0. The van der Waals surface area contributed by atoms with Crippen LogP contribution in [0.1, 0.15) is 51.6 Å². The van der Waals surface area contributed by atoms with Crippen molar-refractivity contribution in [2.24, 2.45) is 5.73 Å². The summed E-state index contributed by atoms with van der Waals surface area (Å²) in [6.45, 7) is 5.88. The summed E-state index contributed by atoms with van der Waals surface area (Å²) in [5.41, 5.74) is 6.63. The van der Waals surface area contributed by atoms with E-state index in [9.17, 15) is 8.42 Å². The van der Waals surface area contributed by atoms with Crippen LogP contribution in [0.4, 0.5) is 0 Å². The lowest BCUT2D eigenvalue weighted by Crippen LogP contribution is -2.38. The number of hydrogen-bond donors (Lipinski definition) is 1. The fourth-order valence-corrected chi connectivity index (χ4v) is 4.79. The smallest absolute Gasteiger partial charge is 0.244 e. The molecule has 0 amide bonds. The molecule has 120 valence electrons. The van der Waals surface area contributed by atoms with Crippen LogP contribution in [0.3, 0.4) is 0 Å². The molecule has 1 atom stereocenters. The van der Waals surface area contributed by atoms with Gasteiger partial charge in [0.15, 0.2) is 0 Å². The minimum atomic E-state index is -3.41. The highest BCUT2D eigenvalue weighted by molar-refractivity contribution is 7.89. The van der Waals surface area contributed by atoms with E-state index in [1.54, 1.807) is 16.6 Å². The third-order valence-electron chi connectivity index (χ3n) is 4.23. The maximum absolute atomic E-state index is 12.9. The Bertz CT molecular complexity index is 565. The second kappa shape index (κ2) is 6.94. The third-order valence-corrected chi connectivity index (χ3v) is 6.21. The van der Waals surface area contributed by atoms with Crippen LogP contribution in [0.25, 0.3) is 0 Å². The molecule has 1 aliphatic heterocycles. The second-order valence-electron chi connectivity index (χ2n) is 5.88. The zero-order chi connectivity index (χ0) is 15.5. The molecule has 0 saturated carbocycles. The number of nitrogens with zero attached hydrogens (tertiary/aromatic N) is 2. The zero-order valence-corrected chi connectivity index (χ0v) is 13.9. The van der Waals surface area contributed by atoms with Gasteiger partial charge in [-0.05, 0) is 32.3 Å². The SMILES string of the molecule is CCCn1cc(S(=O)(=O)N2CCCCCC2C)cc1CN. The van der Waals surface area contributed by atoms with Gasteiger partial charge in [-0.3, -0.25) is 0 Å². The molecule has 2 heterocycles. The van der Waals surface area contributed by atoms with Crippen LogP contribution in [-0.4, -0.2) is 29.9 Å². The zero-order valence-electron chi connectivity index (χ0n) is 13.1. The first kappa shape index (κ1) is 16.5. The van der Waals surface area contributed by atoms with Crippen LogP contribution in [0.5, 0.6) is 0 Å². The van der Waals surface area contributed by atoms with Crippen molar-refractivity contribution in [3.05, 3.63) is 18.0 Å². The van der Waals surface area contributed by atoms with E-state index in [0.717, 1.165) is 44.3 Å². The van der Waals surface area contributed by atoms with Crippen LogP contribution < -0.4 is 5.73 Å². The summed E-state index contributed by atoms with van der Waals surface area (Å²) in [5, 5.41) is 0. The summed E-state index contributed by atoms with van der Waals surface area (Å²) >= 11 is 0. The molecule has 1 unspecified atom stereocenters. The second-order valence-corrected chi connectivity index (χ2v) is 7.77. The Morgan fingerprint density at radius 1 is 1.33 bits per heavy atom. The van der Waals surface area contributed by atoms with Gasteiger partial charge in [0.05, 0.1) is 0 Å². The predicted octanol–water partition coefficient (Wildman–Crippen LogP) is 2.31.